The highest BCUT2D eigenvalue weighted by Gasteiger charge is 2.55. The van der Waals surface area contributed by atoms with E-state index < -0.39 is 49.2 Å². The van der Waals surface area contributed by atoms with Gasteiger partial charge in [0.2, 0.25) is 5.91 Å². The van der Waals surface area contributed by atoms with Crippen molar-refractivity contribution in [3.63, 3.8) is 0 Å². The Kier molecular flexibility index (Phi) is 13.1. The summed E-state index contributed by atoms with van der Waals surface area (Å²) >= 11 is 0. The van der Waals surface area contributed by atoms with Gasteiger partial charge in [-0.05, 0) is 24.9 Å². The predicted octanol–water partition coefficient (Wildman–Crippen LogP) is 7.11. The van der Waals surface area contributed by atoms with Crippen LogP contribution in [0.1, 0.15) is 67.5 Å². The molecule has 0 radical (unpaired) electrons. The van der Waals surface area contributed by atoms with E-state index in [4.69, 9.17) is 18.5 Å². The van der Waals surface area contributed by atoms with Crippen molar-refractivity contribution in [1.82, 2.24) is 24.2 Å². The number of rotatable bonds is 16. The average molecular weight is 833 g/mol. The molecule has 2 N–H and O–H groups in total. The lowest BCUT2D eigenvalue weighted by Crippen LogP contribution is -2.58. The van der Waals surface area contributed by atoms with Crippen LogP contribution in [-0.2, 0) is 23.3 Å². The molecule has 3 aliphatic heterocycles. The van der Waals surface area contributed by atoms with Crippen LogP contribution in [0, 0.1) is 0 Å². The molecule has 2 aromatic heterocycles. The monoisotopic (exact) mass is 832 g/mol. The van der Waals surface area contributed by atoms with Gasteiger partial charge in [0.25, 0.3) is 8.53 Å². The standard InChI is InChI=1S/C42H61N6O6PSi2/c1-28(2)57(29(3)4,30(5)6)23-22-51-39-38(35(24-49)52-42(39)47-27-45-37-40(46-31(7)50)43-26-44-41(37)47)54-55-48-21-15-20-34(48)36(53-55)25-56(8,32-16-11-9-12-17-32)33-18-13-10-14-19-33/h9-14,16-19,26-30,34-36,38-39,42,49H,15,20-25H2,1-8H3,(H,43,44,46,50)/t34-,35+,36+,38?,39-,42+,55+/m0/s1. The number of nitrogens with zero attached hydrogens (tertiary/aromatic N) is 5. The number of aliphatic hydroxyl groups excluding tert-OH is 1. The minimum absolute atomic E-state index is 0.00279. The number of hydrogen-bond donors (Lipinski definition) is 2. The molecule has 0 bridgehead atoms. The summed E-state index contributed by atoms with van der Waals surface area (Å²) in [5.41, 5.74) is 2.68. The number of carbonyl (C=O) groups excluding carboxylic acids is 1. The first-order chi connectivity index (χ1) is 27.4. The summed E-state index contributed by atoms with van der Waals surface area (Å²) in [6, 6.07) is 24.1. The van der Waals surface area contributed by atoms with Gasteiger partial charge in [0, 0.05) is 26.1 Å². The molecule has 57 heavy (non-hydrogen) atoms. The number of anilines is 1. The number of nitrogens with one attached hydrogen (secondary N) is 1. The Hall–Kier alpha value is -2.92. The van der Waals surface area contributed by atoms with Crippen LogP contribution < -0.4 is 15.7 Å². The molecule has 1 unspecified atom stereocenters. The molecule has 12 nitrogen and oxygen atoms in total. The molecule has 1 amide bonds. The molecule has 0 saturated carbocycles. The highest BCUT2D eigenvalue weighted by Crippen LogP contribution is 2.59. The number of imidazole rings is 1. The average Bonchev–Trinajstić information content (AvgIpc) is 3.98. The smallest absolute Gasteiger partial charge is 0.259 e. The SMILES string of the molecule is CC(=O)Nc1ncnc2c1ncn2[C@@H]1O[C@H](CO)C(O[P@@]2O[C@H](C[Si](C)(c3ccccc3)c3ccccc3)[C@@H]3CCCN32)[C@@H]1OCC[Si](C(C)C)(C(C)C)C(C)C. The zero-order chi connectivity index (χ0) is 40.5. The van der Waals surface area contributed by atoms with Gasteiger partial charge in [-0.1, -0.05) is 136 Å². The Morgan fingerprint density at radius 1 is 0.947 bits per heavy atom. The lowest BCUT2D eigenvalue weighted by molar-refractivity contribution is -0.114. The molecule has 3 fully saturated rings. The predicted molar refractivity (Wildman–Crippen MR) is 231 cm³/mol. The first kappa shape index (κ1) is 42.2. The molecule has 4 aromatic rings. The molecule has 3 aliphatic rings. The summed E-state index contributed by atoms with van der Waals surface area (Å²) in [7, 11) is -5.51. The minimum Gasteiger partial charge on any atom is -0.394 e. The van der Waals surface area contributed by atoms with E-state index in [1.165, 1.54) is 23.6 Å². The molecular formula is C42H61N6O6PSi2. The van der Waals surface area contributed by atoms with Crippen molar-refractivity contribution in [3.05, 3.63) is 73.3 Å². The van der Waals surface area contributed by atoms with Crippen LogP contribution in [0.4, 0.5) is 5.82 Å². The molecule has 7 atom stereocenters. The summed E-state index contributed by atoms with van der Waals surface area (Å²) in [5, 5.41) is 16.5. The minimum atomic E-state index is -2.22. The Morgan fingerprint density at radius 2 is 1.60 bits per heavy atom. The van der Waals surface area contributed by atoms with Crippen molar-refractivity contribution in [3.8, 4) is 0 Å². The van der Waals surface area contributed by atoms with Crippen molar-refractivity contribution in [1.29, 1.82) is 0 Å². The van der Waals surface area contributed by atoms with Crippen molar-refractivity contribution in [2.45, 2.75) is 133 Å². The number of fused-ring (bicyclic) bond motifs is 2. The molecule has 2 aromatic carbocycles. The van der Waals surface area contributed by atoms with E-state index >= 15 is 0 Å². The van der Waals surface area contributed by atoms with Crippen molar-refractivity contribution in [2.24, 2.45) is 0 Å². The largest absolute Gasteiger partial charge is 0.394 e. The maximum atomic E-state index is 12.0. The van der Waals surface area contributed by atoms with Crippen LogP contribution >= 0.6 is 8.53 Å². The van der Waals surface area contributed by atoms with Crippen molar-refractivity contribution >= 4 is 57.9 Å². The van der Waals surface area contributed by atoms with Crippen LogP contribution in [0.15, 0.2) is 73.3 Å². The molecule has 7 rings (SSSR count). The van der Waals surface area contributed by atoms with Crippen LogP contribution in [-0.4, -0.2) is 102 Å². The third-order valence-corrected chi connectivity index (χ3v) is 27.0. The van der Waals surface area contributed by atoms with Gasteiger partial charge in [-0.25, -0.2) is 19.6 Å². The first-order valence-corrected chi connectivity index (χ1v) is 27.0. The van der Waals surface area contributed by atoms with Gasteiger partial charge in [-0.15, -0.1) is 0 Å². The van der Waals surface area contributed by atoms with Crippen LogP contribution in [0.5, 0.6) is 0 Å². The van der Waals surface area contributed by atoms with E-state index in [1.54, 1.807) is 6.33 Å². The van der Waals surface area contributed by atoms with E-state index in [2.05, 4.69) is 134 Å². The zero-order valence-corrected chi connectivity index (χ0v) is 37.6. The van der Waals surface area contributed by atoms with E-state index in [9.17, 15) is 9.90 Å². The second-order valence-electron chi connectivity index (χ2n) is 17.2. The maximum absolute atomic E-state index is 12.0. The highest BCUT2D eigenvalue weighted by atomic mass is 31.2. The number of carbonyl (C=O) groups is 1. The van der Waals surface area contributed by atoms with Gasteiger partial charge in [-0.3, -0.25) is 9.36 Å². The fourth-order valence-electron chi connectivity index (χ4n) is 10.3. The second-order valence-corrected chi connectivity index (χ2v) is 29.1. The Labute approximate surface area is 341 Å². The van der Waals surface area contributed by atoms with E-state index in [-0.39, 0.29) is 24.7 Å². The summed E-state index contributed by atoms with van der Waals surface area (Å²) in [5.74, 6) is 0.0722. The fourth-order valence-corrected chi connectivity index (χ4v) is 22.5. The van der Waals surface area contributed by atoms with Gasteiger partial charge >= 0.3 is 0 Å². The molecule has 3 saturated heterocycles. The second kappa shape index (κ2) is 17.7. The van der Waals surface area contributed by atoms with Gasteiger partial charge in [0.1, 0.15) is 32.7 Å². The molecule has 15 heteroatoms. The Morgan fingerprint density at radius 3 is 2.19 bits per heavy atom. The number of ether oxygens (including phenoxy) is 2. The molecule has 5 heterocycles. The number of aliphatic hydroxyl groups is 1. The quantitative estimate of drug-likeness (QED) is 0.0890. The molecule has 0 spiro atoms. The zero-order valence-electron chi connectivity index (χ0n) is 34.7. The molecular weight excluding hydrogens is 772 g/mol. The van der Waals surface area contributed by atoms with Gasteiger partial charge in [0.15, 0.2) is 23.2 Å². The van der Waals surface area contributed by atoms with Crippen LogP contribution in [0.25, 0.3) is 11.2 Å². The third kappa shape index (κ3) is 8.19. The first-order valence-electron chi connectivity index (χ1n) is 20.7. The normalized spacial score (nSPS) is 25.6. The number of amides is 1. The van der Waals surface area contributed by atoms with E-state index in [1.807, 2.05) is 4.57 Å². The third-order valence-electron chi connectivity index (χ3n) is 13.2. The number of hydrogen-bond acceptors (Lipinski definition) is 10. The summed E-state index contributed by atoms with van der Waals surface area (Å²) in [6.07, 6.45) is 2.58. The number of benzene rings is 2. The molecule has 308 valence electrons. The van der Waals surface area contributed by atoms with Gasteiger partial charge in [-0.2, -0.15) is 0 Å². The summed E-state index contributed by atoms with van der Waals surface area (Å²) < 4.78 is 32.3. The lowest BCUT2D eigenvalue weighted by atomic mass is 10.1. The fraction of sp³-hybridized carbons (Fsp3) is 0.571. The topological polar surface area (TPSA) is 133 Å². The Balaban J connectivity index is 1.20. The van der Waals surface area contributed by atoms with Gasteiger partial charge < -0.3 is 28.9 Å². The Bertz CT molecular complexity index is 1900. The van der Waals surface area contributed by atoms with Crippen LogP contribution in [0.2, 0.25) is 35.3 Å². The maximum Gasteiger partial charge on any atom is 0.259 e. The number of aromatic nitrogens is 4. The van der Waals surface area contributed by atoms with Crippen molar-refractivity contribution in [2.75, 3.05) is 25.1 Å². The van der Waals surface area contributed by atoms with Gasteiger partial charge in [0.05, 0.1) is 27.1 Å². The summed E-state index contributed by atoms with van der Waals surface area (Å²) in [6.45, 7) is 19.3. The lowest BCUT2D eigenvalue weighted by Gasteiger charge is -2.43. The molecule has 0 aliphatic carbocycles. The van der Waals surface area contributed by atoms with Crippen LogP contribution in [0.3, 0.4) is 0 Å². The van der Waals surface area contributed by atoms with E-state index in [0.29, 0.717) is 40.2 Å². The summed E-state index contributed by atoms with van der Waals surface area (Å²) in [4.78, 5) is 25.5. The highest BCUT2D eigenvalue weighted by molar-refractivity contribution is 7.45. The van der Waals surface area contributed by atoms with E-state index in [0.717, 1.165) is 31.5 Å². The van der Waals surface area contributed by atoms with Crippen molar-refractivity contribution < 1.29 is 28.4 Å².